The lowest BCUT2D eigenvalue weighted by molar-refractivity contribution is -0.578. The monoisotopic (exact) mass is 284 g/mol. The number of methoxy groups -OCH3 is 3. The van der Waals surface area contributed by atoms with Gasteiger partial charge in [0.15, 0.2) is 17.3 Å². The van der Waals surface area contributed by atoms with Crippen LogP contribution < -0.4 is 9.30 Å². The molecule has 0 saturated carbocycles. The molecule has 0 amide bonds. The summed E-state index contributed by atoms with van der Waals surface area (Å²) in [5.74, 6) is -0.822. The van der Waals surface area contributed by atoms with Gasteiger partial charge in [0, 0.05) is 12.1 Å². The van der Waals surface area contributed by atoms with Crippen molar-refractivity contribution < 1.29 is 28.4 Å². The number of esters is 2. The molecule has 0 aliphatic rings. The number of thiol groups is 1. The van der Waals surface area contributed by atoms with Gasteiger partial charge in [-0.15, -0.1) is 12.6 Å². The van der Waals surface area contributed by atoms with Gasteiger partial charge in [-0.25, -0.2) is 9.59 Å². The molecule has 0 aliphatic heterocycles. The fraction of sp³-hybridized carbons (Fsp3) is 0.250. The number of carbonyl (C=O) groups excluding carboxylic acids is 2. The van der Waals surface area contributed by atoms with E-state index in [9.17, 15) is 9.59 Å². The normalized spacial score (nSPS) is 11.4. The number of ether oxygens (including phenoxy) is 3. The van der Waals surface area contributed by atoms with E-state index >= 15 is 0 Å². The highest BCUT2D eigenvalue weighted by Crippen LogP contribution is 2.13. The van der Waals surface area contributed by atoms with E-state index in [2.05, 4.69) is 22.1 Å². The van der Waals surface area contributed by atoms with Gasteiger partial charge < -0.3 is 14.2 Å². The number of pyridine rings is 1. The molecule has 0 atom stereocenters. The molecule has 0 unspecified atom stereocenters. The van der Waals surface area contributed by atoms with Gasteiger partial charge in [0.25, 0.3) is 0 Å². The molecule has 0 bridgehead atoms. The maximum absolute atomic E-state index is 11.7. The topological polar surface area (TPSA) is 65.7 Å². The van der Waals surface area contributed by atoms with Gasteiger partial charge in [0.05, 0.1) is 21.3 Å². The average molecular weight is 284 g/mol. The molecule has 1 aromatic heterocycles. The first kappa shape index (κ1) is 15.0. The zero-order valence-corrected chi connectivity index (χ0v) is 11.6. The van der Waals surface area contributed by atoms with E-state index in [0.29, 0.717) is 5.75 Å². The fourth-order valence-electron chi connectivity index (χ4n) is 1.31. The third-order valence-electron chi connectivity index (χ3n) is 2.27. The Labute approximate surface area is 116 Å². The molecule has 0 fully saturated rings. The summed E-state index contributed by atoms with van der Waals surface area (Å²) >= 11 is 4.01. The lowest BCUT2D eigenvalue weighted by Crippen LogP contribution is -2.37. The SMILES string of the molecule is COC(=O)/C(S)=C(\C(=O)OC)[n+]1ccc(OC)cc1. The third-order valence-corrected chi connectivity index (χ3v) is 2.67. The number of carbonyl (C=O) groups is 2. The lowest BCUT2D eigenvalue weighted by Gasteiger charge is -2.04. The van der Waals surface area contributed by atoms with E-state index in [4.69, 9.17) is 4.74 Å². The summed E-state index contributed by atoms with van der Waals surface area (Å²) in [5.41, 5.74) is -0.0414. The van der Waals surface area contributed by atoms with Crippen molar-refractivity contribution in [1.29, 1.82) is 0 Å². The van der Waals surface area contributed by atoms with E-state index in [1.165, 1.54) is 25.9 Å². The van der Waals surface area contributed by atoms with Gasteiger partial charge in [-0.1, -0.05) is 0 Å². The summed E-state index contributed by atoms with van der Waals surface area (Å²) in [6, 6.07) is 3.25. The molecule has 1 aromatic rings. The molecule has 7 heteroatoms. The summed E-state index contributed by atoms with van der Waals surface area (Å²) in [5, 5.41) is 0. The van der Waals surface area contributed by atoms with Gasteiger partial charge in [-0.2, -0.15) is 4.57 Å². The van der Waals surface area contributed by atoms with Crippen LogP contribution in [0.25, 0.3) is 5.70 Å². The van der Waals surface area contributed by atoms with Crippen molar-refractivity contribution in [3.05, 3.63) is 29.4 Å². The van der Waals surface area contributed by atoms with Crippen LogP contribution in [0.2, 0.25) is 0 Å². The zero-order valence-electron chi connectivity index (χ0n) is 10.7. The third kappa shape index (κ3) is 3.47. The highest BCUT2D eigenvalue weighted by atomic mass is 32.1. The maximum Gasteiger partial charge on any atom is 0.405 e. The molecule has 0 N–H and O–H groups in total. The Kier molecular flexibility index (Phi) is 5.37. The van der Waals surface area contributed by atoms with Crippen LogP contribution in [0, 0.1) is 0 Å². The minimum absolute atomic E-state index is 0.0414. The minimum Gasteiger partial charge on any atom is -0.496 e. The van der Waals surface area contributed by atoms with Crippen molar-refractivity contribution in [2.24, 2.45) is 0 Å². The number of hydrogen-bond acceptors (Lipinski definition) is 6. The summed E-state index contributed by atoms with van der Waals surface area (Å²) in [6.07, 6.45) is 3.09. The van der Waals surface area contributed by atoms with Crippen LogP contribution in [0.5, 0.6) is 5.75 Å². The first-order valence-electron chi connectivity index (χ1n) is 5.20. The molecule has 6 nitrogen and oxygen atoms in total. The number of nitrogens with zero attached hydrogens (tertiary/aromatic N) is 1. The predicted octanol–water partition coefficient (Wildman–Crippen LogP) is 0.427. The Balaban J connectivity index is 3.31. The highest BCUT2D eigenvalue weighted by Gasteiger charge is 2.29. The van der Waals surface area contributed by atoms with Crippen LogP contribution in [-0.4, -0.2) is 33.3 Å². The largest absolute Gasteiger partial charge is 0.496 e. The second kappa shape index (κ2) is 6.79. The molecule has 102 valence electrons. The van der Waals surface area contributed by atoms with Crippen molar-refractivity contribution in [2.45, 2.75) is 0 Å². The van der Waals surface area contributed by atoms with E-state index in [1.54, 1.807) is 24.5 Å². The number of rotatable bonds is 4. The molecule has 0 radical (unpaired) electrons. The quantitative estimate of drug-likeness (QED) is 0.376. The van der Waals surface area contributed by atoms with Gasteiger partial charge in [-0.05, 0) is 0 Å². The van der Waals surface area contributed by atoms with Crippen LogP contribution in [0.3, 0.4) is 0 Å². The van der Waals surface area contributed by atoms with Crippen LogP contribution in [0.4, 0.5) is 0 Å². The molecule has 0 aliphatic carbocycles. The van der Waals surface area contributed by atoms with E-state index in [0.717, 1.165) is 0 Å². The highest BCUT2D eigenvalue weighted by molar-refractivity contribution is 7.85. The molecular formula is C12H14NO5S+. The van der Waals surface area contributed by atoms with Crippen molar-refractivity contribution >= 4 is 30.3 Å². The standard InChI is InChI=1S/C12H13NO5S/c1-16-8-4-6-13(7-5-8)9(11(14)17-2)10(19)12(15)18-3/h4-7H,1-3H3/p+1. The molecule has 19 heavy (non-hydrogen) atoms. The van der Waals surface area contributed by atoms with E-state index in [1.807, 2.05) is 0 Å². The summed E-state index contributed by atoms with van der Waals surface area (Å²) in [7, 11) is 3.94. The van der Waals surface area contributed by atoms with Gasteiger partial charge in [0.1, 0.15) is 5.75 Å². The molecule has 0 aromatic carbocycles. The maximum atomic E-state index is 11.7. The summed E-state index contributed by atoms with van der Waals surface area (Å²) < 4.78 is 15.6. The smallest absolute Gasteiger partial charge is 0.405 e. The Hall–Kier alpha value is -2.02. The van der Waals surface area contributed by atoms with E-state index < -0.39 is 11.9 Å². The van der Waals surface area contributed by atoms with Crippen molar-refractivity contribution in [1.82, 2.24) is 0 Å². The van der Waals surface area contributed by atoms with Crippen molar-refractivity contribution in [2.75, 3.05) is 21.3 Å². The van der Waals surface area contributed by atoms with Crippen LogP contribution >= 0.6 is 12.6 Å². The Bertz CT molecular complexity index is 509. The van der Waals surface area contributed by atoms with Crippen molar-refractivity contribution in [3.8, 4) is 5.75 Å². The number of hydrogen-bond donors (Lipinski definition) is 1. The summed E-state index contributed by atoms with van der Waals surface area (Å²) in [4.78, 5) is 23.1. The Morgan fingerprint density at radius 3 is 2.00 bits per heavy atom. The summed E-state index contributed by atoms with van der Waals surface area (Å²) in [6.45, 7) is 0. The first-order chi connectivity index (χ1) is 9.04. The van der Waals surface area contributed by atoms with Crippen LogP contribution in [-0.2, 0) is 19.1 Å². The average Bonchev–Trinajstić information content (AvgIpc) is 2.46. The molecule has 0 saturated heterocycles. The van der Waals surface area contributed by atoms with Crippen LogP contribution in [0.1, 0.15) is 0 Å². The predicted molar refractivity (Wildman–Crippen MR) is 69.4 cm³/mol. The molecule has 1 rings (SSSR count). The molecule has 0 spiro atoms. The Morgan fingerprint density at radius 2 is 1.58 bits per heavy atom. The van der Waals surface area contributed by atoms with Gasteiger partial charge >= 0.3 is 17.6 Å². The first-order valence-corrected chi connectivity index (χ1v) is 5.65. The van der Waals surface area contributed by atoms with Gasteiger partial charge in [-0.3, -0.25) is 0 Å². The van der Waals surface area contributed by atoms with Crippen LogP contribution in [0.15, 0.2) is 29.4 Å². The van der Waals surface area contributed by atoms with E-state index in [-0.39, 0.29) is 10.6 Å². The second-order valence-corrected chi connectivity index (χ2v) is 3.77. The minimum atomic E-state index is -0.730. The van der Waals surface area contributed by atoms with Gasteiger partial charge in [0.2, 0.25) is 0 Å². The lowest BCUT2D eigenvalue weighted by atomic mass is 10.3. The Morgan fingerprint density at radius 1 is 1.05 bits per heavy atom. The second-order valence-electron chi connectivity index (χ2n) is 3.33. The number of aromatic nitrogens is 1. The fourth-order valence-corrected chi connectivity index (χ4v) is 1.61. The molecular weight excluding hydrogens is 270 g/mol. The molecule has 1 heterocycles. The zero-order chi connectivity index (χ0) is 14.4. The van der Waals surface area contributed by atoms with Crippen molar-refractivity contribution in [3.63, 3.8) is 0 Å².